The van der Waals surface area contributed by atoms with Crippen LogP contribution in [0.2, 0.25) is 0 Å². The van der Waals surface area contributed by atoms with Crippen LogP contribution in [0.25, 0.3) is 0 Å². The molecule has 1 saturated heterocycles. The van der Waals surface area contributed by atoms with E-state index in [9.17, 15) is 15.2 Å². The number of likely N-dealkylation sites (N-methyl/N-ethyl adjacent to an activating group) is 1. The third-order valence-corrected chi connectivity index (χ3v) is 10.6. The summed E-state index contributed by atoms with van der Waals surface area (Å²) in [6.45, 7) is 6.12. The summed E-state index contributed by atoms with van der Waals surface area (Å²) in [6, 6.07) is 13.1. The first-order chi connectivity index (χ1) is 22.7. The fourth-order valence-electron chi connectivity index (χ4n) is 8.29. The Morgan fingerprint density at radius 2 is 1.83 bits per heavy atom. The lowest BCUT2D eigenvalue weighted by Gasteiger charge is -2.60. The van der Waals surface area contributed by atoms with Crippen molar-refractivity contribution in [2.24, 2.45) is 0 Å². The number of hydrogen-bond donors (Lipinski definition) is 1. The van der Waals surface area contributed by atoms with E-state index in [1.54, 1.807) is 7.11 Å². The molecule has 1 fully saturated rings. The molecule has 10 nitrogen and oxygen atoms in total. The van der Waals surface area contributed by atoms with Gasteiger partial charge in [0.1, 0.15) is 24.1 Å². The van der Waals surface area contributed by atoms with Crippen molar-refractivity contribution in [3.8, 4) is 29.1 Å². The van der Waals surface area contributed by atoms with Crippen LogP contribution in [0.5, 0.6) is 23.0 Å². The summed E-state index contributed by atoms with van der Waals surface area (Å²) in [6.07, 6.45) is 1.90. The van der Waals surface area contributed by atoms with Gasteiger partial charge in [-0.15, -0.1) is 0 Å². The summed E-state index contributed by atoms with van der Waals surface area (Å²) in [4.78, 5) is 17.7. The number of phenolic OH excluding ortho intramolecular Hbond substituents is 1. The molecule has 3 aromatic carbocycles. The smallest absolute Gasteiger partial charge is 0.306 e. The molecule has 2 bridgehead atoms. The molecule has 0 saturated carbocycles. The van der Waals surface area contributed by atoms with Gasteiger partial charge >= 0.3 is 5.97 Å². The van der Waals surface area contributed by atoms with Gasteiger partial charge < -0.3 is 28.8 Å². The van der Waals surface area contributed by atoms with Gasteiger partial charge in [0.15, 0.2) is 18.3 Å². The number of carbonyl (C=O) groups excluding carboxylic acids is 1. The number of carbonyl (C=O) groups is 1. The number of phenols is 1. The molecule has 4 aliphatic heterocycles. The molecule has 246 valence electrons. The van der Waals surface area contributed by atoms with Crippen LogP contribution in [-0.4, -0.2) is 73.4 Å². The van der Waals surface area contributed by atoms with Crippen LogP contribution in [0.4, 0.5) is 0 Å². The van der Waals surface area contributed by atoms with Crippen LogP contribution >= 0.6 is 0 Å². The van der Waals surface area contributed by atoms with Crippen LogP contribution in [0.1, 0.15) is 63.0 Å². The summed E-state index contributed by atoms with van der Waals surface area (Å²) in [5, 5.41) is 22.5. The number of aromatic hydroxyl groups is 1. The molecule has 10 heteroatoms. The molecule has 0 radical (unpaired) electrons. The molecule has 47 heavy (non-hydrogen) atoms. The highest BCUT2D eigenvalue weighted by Crippen LogP contribution is 2.57. The molecule has 5 atom stereocenters. The van der Waals surface area contributed by atoms with Gasteiger partial charge in [0, 0.05) is 47.9 Å². The number of hydrogen-bond acceptors (Lipinski definition) is 10. The zero-order chi connectivity index (χ0) is 33.0. The number of methoxy groups -OCH3 is 1. The summed E-state index contributed by atoms with van der Waals surface area (Å²) in [5.41, 5.74) is 7.54. The van der Waals surface area contributed by atoms with Crippen LogP contribution in [0.15, 0.2) is 36.4 Å². The zero-order valence-electron chi connectivity index (χ0n) is 27.5. The molecular formula is C37H41N3O7. The standard InChI is InChI=1S/C37H41N3O7/c1-20-13-24-14-26-28(16-38)40-27(33(39(26)4)31(24)35(21(20)2)45-18-43-5)15-25-32(37-36(46-19-47-37)22(3)34(25)42)29(40)17-44-30(41)12-11-23-9-7-6-8-10-23/h6-10,13,26-29,33,42H,11-12,14-15,17-19H2,1-5H3/t26-,27?,28-,29-,33-/m0/s1. The second-order valence-corrected chi connectivity index (χ2v) is 13.1. The Morgan fingerprint density at radius 1 is 1.06 bits per heavy atom. The van der Waals surface area contributed by atoms with Crippen molar-refractivity contribution in [3.05, 3.63) is 80.9 Å². The Balaban J connectivity index is 1.34. The summed E-state index contributed by atoms with van der Waals surface area (Å²) < 4.78 is 29.6. The van der Waals surface area contributed by atoms with Gasteiger partial charge in [0.25, 0.3) is 0 Å². The van der Waals surface area contributed by atoms with Gasteiger partial charge in [-0.25, -0.2) is 0 Å². The number of benzene rings is 3. The average molecular weight is 640 g/mol. The molecule has 0 aromatic heterocycles. The minimum absolute atomic E-state index is 0.00354. The Kier molecular flexibility index (Phi) is 8.25. The largest absolute Gasteiger partial charge is 0.507 e. The maximum Gasteiger partial charge on any atom is 0.306 e. The van der Waals surface area contributed by atoms with E-state index in [4.69, 9.17) is 23.7 Å². The van der Waals surface area contributed by atoms with Crippen LogP contribution < -0.4 is 14.2 Å². The van der Waals surface area contributed by atoms with Gasteiger partial charge in [-0.05, 0) is 69.3 Å². The van der Waals surface area contributed by atoms with Crippen molar-refractivity contribution < 1.29 is 33.6 Å². The SMILES string of the molecule is COCOc1c(C)c(C)cc2c1[C@@H]1C3Cc4c(O)c(C)c5c(c4[C@H](COC(=O)CCc4ccccc4)N3[C@@H](C#N)[C@H](C2)N1C)OCO5. The molecule has 4 heterocycles. The summed E-state index contributed by atoms with van der Waals surface area (Å²) >= 11 is 0. The molecule has 1 N–H and O–H groups in total. The van der Waals surface area contributed by atoms with Crippen molar-refractivity contribution in [2.75, 3.05) is 34.4 Å². The number of nitriles is 1. The van der Waals surface area contributed by atoms with E-state index in [-0.39, 0.29) is 56.5 Å². The monoisotopic (exact) mass is 639 g/mol. The van der Waals surface area contributed by atoms with Gasteiger partial charge in [-0.3, -0.25) is 14.6 Å². The highest BCUT2D eigenvalue weighted by Gasteiger charge is 2.57. The van der Waals surface area contributed by atoms with Gasteiger partial charge in [0.2, 0.25) is 6.79 Å². The van der Waals surface area contributed by atoms with E-state index < -0.39 is 12.1 Å². The second-order valence-electron chi connectivity index (χ2n) is 13.1. The highest BCUT2D eigenvalue weighted by atomic mass is 16.7. The molecular weight excluding hydrogens is 598 g/mol. The van der Waals surface area contributed by atoms with Crippen molar-refractivity contribution >= 4 is 5.97 Å². The minimum atomic E-state index is -0.550. The molecule has 0 spiro atoms. The first-order valence-corrected chi connectivity index (χ1v) is 16.2. The predicted molar refractivity (Wildman–Crippen MR) is 173 cm³/mol. The van der Waals surface area contributed by atoms with E-state index in [1.807, 2.05) is 37.3 Å². The summed E-state index contributed by atoms with van der Waals surface area (Å²) in [7, 11) is 3.69. The molecule has 0 amide bonds. The van der Waals surface area contributed by atoms with Crippen LogP contribution in [0, 0.1) is 32.1 Å². The third-order valence-electron chi connectivity index (χ3n) is 10.6. The van der Waals surface area contributed by atoms with Crippen molar-refractivity contribution in [1.29, 1.82) is 5.26 Å². The maximum atomic E-state index is 13.2. The van der Waals surface area contributed by atoms with Crippen molar-refractivity contribution in [2.45, 2.75) is 76.7 Å². The van der Waals surface area contributed by atoms with E-state index in [0.29, 0.717) is 36.3 Å². The Labute approximate surface area is 275 Å². The Hall–Kier alpha value is -4.30. The predicted octanol–water partition coefficient (Wildman–Crippen LogP) is 4.98. The normalized spacial score (nSPS) is 24.1. The first kappa shape index (κ1) is 31.3. The first-order valence-electron chi connectivity index (χ1n) is 16.2. The van der Waals surface area contributed by atoms with E-state index >= 15 is 0 Å². The number of rotatable bonds is 8. The van der Waals surface area contributed by atoms with Crippen LogP contribution in [0.3, 0.4) is 0 Å². The molecule has 0 aliphatic carbocycles. The molecule has 7 rings (SSSR count). The molecule has 4 aliphatic rings. The number of nitrogens with zero attached hydrogens (tertiary/aromatic N) is 3. The fourth-order valence-corrected chi connectivity index (χ4v) is 8.29. The average Bonchev–Trinajstić information content (AvgIpc) is 3.56. The lowest BCUT2D eigenvalue weighted by atomic mass is 9.71. The summed E-state index contributed by atoms with van der Waals surface area (Å²) in [5.74, 6) is 1.67. The van der Waals surface area contributed by atoms with Gasteiger partial charge in [-0.1, -0.05) is 36.4 Å². The highest BCUT2D eigenvalue weighted by molar-refractivity contribution is 5.70. The Bertz CT molecular complexity index is 1750. The van der Waals surface area contributed by atoms with Crippen molar-refractivity contribution in [1.82, 2.24) is 9.80 Å². The maximum absolute atomic E-state index is 13.2. The number of esters is 1. The van der Waals surface area contributed by atoms with Gasteiger partial charge in [0.05, 0.1) is 18.2 Å². The fraction of sp³-hybridized carbons (Fsp3) is 0.459. The number of piperazine rings is 1. The lowest BCUT2D eigenvalue weighted by molar-refractivity contribution is -0.149. The van der Waals surface area contributed by atoms with E-state index in [2.05, 4.69) is 42.8 Å². The van der Waals surface area contributed by atoms with Crippen LogP contribution in [-0.2, 0) is 33.5 Å². The van der Waals surface area contributed by atoms with E-state index in [0.717, 1.165) is 44.7 Å². The third kappa shape index (κ3) is 5.08. The molecule has 1 unspecified atom stereocenters. The quantitative estimate of drug-likeness (QED) is 0.268. The second kappa shape index (κ2) is 12.4. The number of fused-ring (bicyclic) bond motifs is 9. The molecule has 3 aromatic rings. The Morgan fingerprint density at radius 3 is 2.57 bits per heavy atom. The zero-order valence-corrected chi connectivity index (χ0v) is 27.5. The number of ether oxygens (including phenoxy) is 5. The lowest BCUT2D eigenvalue weighted by Crippen LogP contribution is -2.68. The topological polar surface area (TPSA) is 114 Å². The van der Waals surface area contributed by atoms with Gasteiger partial charge in [-0.2, -0.15) is 5.26 Å². The minimum Gasteiger partial charge on any atom is -0.507 e. The van der Waals surface area contributed by atoms with Crippen molar-refractivity contribution in [3.63, 3.8) is 0 Å². The number of aryl methyl sites for hydroxylation is 2. The van der Waals surface area contributed by atoms with E-state index in [1.165, 1.54) is 0 Å².